The van der Waals surface area contributed by atoms with Gasteiger partial charge in [-0.05, 0) is 42.3 Å². The summed E-state index contributed by atoms with van der Waals surface area (Å²) < 4.78 is 35.1. The van der Waals surface area contributed by atoms with Crippen LogP contribution in [0.15, 0.2) is 62.9 Å². The van der Waals surface area contributed by atoms with Crippen LogP contribution in [-0.2, 0) is 23.5 Å². The molecule has 0 amide bonds. The van der Waals surface area contributed by atoms with E-state index in [-0.39, 0.29) is 10.4 Å². The molecule has 0 aliphatic rings. The van der Waals surface area contributed by atoms with E-state index in [2.05, 4.69) is 9.71 Å². The normalized spacial score (nSPS) is 11.9. The maximum atomic E-state index is 12.8. The van der Waals surface area contributed by atoms with E-state index in [4.69, 9.17) is 4.42 Å². The molecular formula is C19H17N3O4S. The second-order valence-corrected chi connectivity index (χ2v) is 7.94. The van der Waals surface area contributed by atoms with Gasteiger partial charge >= 0.3 is 5.63 Å². The molecule has 0 saturated heterocycles. The summed E-state index contributed by atoms with van der Waals surface area (Å²) in [6, 6.07) is 11.6. The third-order valence-corrected chi connectivity index (χ3v) is 5.84. The Morgan fingerprint density at radius 3 is 2.59 bits per heavy atom. The van der Waals surface area contributed by atoms with Gasteiger partial charge in [0.2, 0.25) is 0 Å². The number of nitrogens with zero attached hydrogens (tertiary/aromatic N) is 2. The van der Waals surface area contributed by atoms with Crippen LogP contribution in [0.5, 0.6) is 0 Å². The average molecular weight is 383 g/mol. The highest BCUT2D eigenvalue weighted by molar-refractivity contribution is 7.92. The zero-order valence-electron chi connectivity index (χ0n) is 14.8. The van der Waals surface area contributed by atoms with E-state index < -0.39 is 15.6 Å². The number of benzene rings is 2. The minimum atomic E-state index is -3.80. The van der Waals surface area contributed by atoms with Gasteiger partial charge in [0.25, 0.3) is 10.0 Å². The summed E-state index contributed by atoms with van der Waals surface area (Å²) in [5, 5.41) is 0.508. The van der Waals surface area contributed by atoms with Gasteiger partial charge in [-0.2, -0.15) is 0 Å². The largest absolute Gasteiger partial charge is 0.421 e. The third kappa shape index (κ3) is 2.97. The van der Waals surface area contributed by atoms with Crippen molar-refractivity contribution in [3.05, 3.63) is 64.8 Å². The first kappa shape index (κ1) is 17.3. The van der Waals surface area contributed by atoms with E-state index in [9.17, 15) is 13.2 Å². The van der Waals surface area contributed by atoms with Gasteiger partial charge in [-0.3, -0.25) is 4.72 Å². The fraction of sp³-hybridized carbons (Fsp3) is 0.158. The molecule has 0 aliphatic heterocycles. The average Bonchev–Trinajstić information content (AvgIpc) is 3.04. The summed E-state index contributed by atoms with van der Waals surface area (Å²) >= 11 is 0. The van der Waals surface area contributed by atoms with E-state index in [1.54, 1.807) is 23.7 Å². The number of fused-ring (bicyclic) bond motifs is 3. The molecule has 7 nitrogen and oxygen atoms in total. The molecular weight excluding hydrogens is 366 g/mol. The van der Waals surface area contributed by atoms with Gasteiger partial charge in [0.15, 0.2) is 5.52 Å². The van der Waals surface area contributed by atoms with Crippen LogP contribution in [0.25, 0.3) is 22.0 Å². The van der Waals surface area contributed by atoms with Crippen LogP contribution in [0.3, 0.4) is 0 Å². The number of nitrogens with one attached hydrogen (secondary N) is 1. The van der Waals surface area contributed by atoms with Crippen molar-refractivity contribution in [1.29, 1.82) is 0 Å². The Bertz CT molecular complexity index is 1320. The first-order valence-corrected chi connectivity index (χ1v) is 9.87. The molecule has 0 atom stereocenters. The van der Waals surface area contributed by atoms with Crippen molar-refractivity contribution >= 4 is 37.7 Å². The third-order valence-electron chi connectivity index (χ3n) is 4.46. The summed E-state index contributed by atoms with van der Waals surface area (Å²) in [6.07, 6.45) is 2.37. The zero-order chi connectivity index (χ0) is 19.2. The lowest BCUT2D eigenvalue weighted by atomic mass is 10.2. The molecule has 0 saturated carbocycles. The molecule has 2 aromatic carbocycles. The second kappa shape index (κ2) is 6.24. The van der Waals surface area contributed by atoms with E-state index >= 15 is 0 Å². The van der Waals surface area contributed by atoms with Crippen LogP contribution in [-0.4, -0.2) is 18.0 Å². The molecule has 0 fully saturated rings. The Balaban J connectivity index is 1.82. The van der Waals surface area contributed by atoms with E-state index in [0.29, 0.717) is 22.2 Å². The van der Waals surface area contributed by atoms with Crippen molar-refractivity contribution in [2.24, 2.45) is 7.05 Å². The minimum Gasteiger partial charge on any atom is -0.421 e. The fourth-order valence-electron chi connectivity index (χ4n) is 3.02. The van der Waals surface area contributed by atoms with E-state index in [0.717, 1.165) is 12.0 Å². The summed E-state index contributed by atoms with van der Waals surface area (Å²) in [5.74, 6) is 0. The molecule has 0 radical (unpaired) electrons. The summed E-state index contributed by atoms with van der Waals surface area (Å²) in [5.41, 5.74) is 2.06. The number of aryl methyl sites for hydroxylation is 2. The Morgan fingerprint density at radius 1 is 1.15 bits per heavy atom. The fourth-order valence-corrected chi connectivity index (χ4v) is 4.10. The highest BCUT2D eigenvalue weighted by Gasteiger charge is 2.18. The van der Waals surface area contributed by atoms with Gasteiger partial charge in [-0.1, -0.05) is 19.1 Å². The van der Waals surface area contributed by atoms with Crippen molar-refractivity contribution in [2.45, 2.75) is 18.2 Å². The number of sulfonamides is 1. The highest BCUT2D eigenvalue weighted by atomic mass is 32.2. The van der Waals surface area contributed by atoms with Gasteiger partial charge in [0.1, 0.15) is 5.58 Å². The van der Waals surface area contributed by atoms with E-state index in [1.165, 1.54) is 24.5 Å². The highest BCUT2D eigenvalue weighted by Crippen LogP contribution is 2.26. The van der Waals surface area contributed by atoms with Crippen LogP contribution in [0.1, 0.15) is 12.5 Å². The maximum Gasteiger partial charge on any atom is 0.364 e. The number of imidazole rings is 1. The lowest BCUT2D eigenvalue weighted by Crippen LogP contribution is -2.13. The van der Waals surface area contributed by atoms with Crippen LogP contribution >= 0.6 is 0 Å². The lowest BCUT2D eigenvalue weighted by molar-refractivity contribution is 0.567. The van der Waals surface area contributed by atoms with Crippen molar-refractivity contribution in [2.75, 3.05) is 4.72 Å². The molecule has 2 heterocycles. The van der Waals surface area contributed by atoms with Crippen LogP contribution < -0.4 is 10.3 Å². The molecule has 27 heavy (non-hydrogen) atoms. The van der Waals surface area contributed by atoms with Crippen molar-refractivity contribution < 1.29 is 12.8 Å². The Hall–Kier alpha value is -3.13. The van der Waals surface area contributed by atoms with Gasteiger partial charge in [0.05, 0.1) is 16.7 Å². The van der Waals surface area contributed by atoms with Gasteiger partial charge in [-0.15, -0.1) is 0 Å². The van der Waals surface area contributed by atoms with Crippen molar-refractivity contribution in [3.63, 3.8) is 0 Å². The smallest absolute Gasteiger partial charge is 0.364 e. The molecule has 4 rings (SSSR count). The van der Waals surface area contributed by atoms with E-state index in [1.807, 2.05) is 19.1 Å². The first-order chi connectivity index (χ1) is 12.9. The Labute approximate surface area is 155 Å². The number of hydrogen-bond donors (Lipinski definition) is 1. The lowest BCUT2D eigenvalue weighted by Gasteiger charge is -2.10. The maximum absolute atomic E-state index is 12.8. The topological polar surface area (TPSA) is 94.2 Å². The van der Waals surface area contributed by atoms with Crippen molar-refractivity contribution in [1.82, 2.24) is 9.55 Å². The molecule has 0 unspecified atom stereocenters. The first-order valence-electron chi connectivity index (χ1n) is 8.38. The molecule has 0 bridgehead atoms. The molecule has 2 aromatic heterocycles. The molecule has 8 heteroatoms. The summed E-state index contributed by atoms with van der Waals surface area (Å²) in [7, 11) is -2.06. The second-order valence-electron chi connectivity index (χ2n) is 6.26. The van der Waals surface area contributed by atoms with Crippen LogP contribution in [0, 0.1) is 0 Å². The molecule has 138 valence electrons. The van der Waals surface area contributed by atoms with Crippen LogP contribution in [0.2, 0.25) is 0 Å². The summed E-state index contributed by atoms with van der Waals surface area (Å²) in [6.45, 7) is 2.03. The van der Waals surface area contributed by atoms with Gasteiger partial charge < -0.3 is 8.98 Å². The number of aromatic nitrogens is 2. The number of hydrogen-bond acceptors (Lipinski definition) is 5. The monoisotopic (exact) mass is 383 g/mol. The number of anilines is 1. The molecule has 0 spiro atoms. The van der Waals surface area contributed by atoms with Crippen LogP contribution in [0.4, 0.5) is 5.69 Å². The predicted molar refractivity (Wildman–Crippen MR) is 103 cm³/mol. The zero-order valence-corrected chi connectivity index (χ0v) is 15.6. The standard InChI is InChI=1S/C19H17N3O4S/c1-3-12-4-6-13(7-5-12)21-27(24,25)14-8-9-16-15(10-14)18-17(19(23)26-16)20-11-22(18)2/h4-11,21H,3H2,1-2H3. The minimum absolute atomic E-state index is 0.0749. The molecule has 4 aromatic rings. The Kier molecular flexibility index (Phi) is 4.00. The summed E-state index contributed by atoms with van der Waals surface area (Å²) in [4.78, 5) is 16.1. The number of rotatable bonds is 4. The molecule has 1 N–H and O–H groups in total. The SMILES string of the molecule is CCc1ccc(NS(=O)(=O)c2ccc3oc(=O)c4ncn(C)c4c3c2)cc1. The van der Waals surface area contributed by atoms with Gasteiger partial charge in [0, 0.05) is 18.1 Å². The van der Waals surface area contributed by atoms with Gasteiger partial charge in [-0.25, -0.2) is 18.2 Å². The van der Waals surface area contributed by atoms with Crippen molar-refractivity contribution in [3.8, 4) is 0 Å². The Morgan fingerprint density at radius 2 is 1.89 bits per heavy atom. The predicted octanol–water partition coefficient (Wildman–Crippen LogP) is 3.04. The quantitative estimate of drug-likeness (QED) is 0.547. The molecule has 0 aliphatic carbocycles.